The van der Waals surface area contributed by atoms with Crippen LogP contribution in [-0.4, -0.2) is 18.2 Å². The maximum Gasteiger partial charge on any atom is 0.273 e. The van der Waals surface area contributed by atoms with Crippen molar-refractivity contribution >= 4 is 5.91 Å². The van der Waals surface area contributed by atoms with Crippen LogP contribution in [0, 0.1) is 5.82 Å². The second kappa shape index (κ2) is 7.82. The second-order valence-corrected chi connectivity index (χ2v) is 5.76. The van der Waals surface area contributed by atoms with Crippen LogP contribution >= 0.6 is 0 Å². The average molecular weight is 354 g/mol. The van der Waals surface area contributed by atoms with Crippen LogP contribution in [-0.2, 0) is 0 Å². The lowest BCUT2D eigenvalue weighted by Gasteiger charge is -2.16. The molecule has 3 aromatic rings. The number of hydrogen-bond donors (Lipinski definition) is 1. The molecule has 1 amide bonds. The van der Waals surface area contributed by atoms with Crippen LogP contribution < -0.4 is 10.1 Å². The van der Waals surface area contributed by atoms with Crippen molar-refractivity contribution in [3.63, 3.8) is 0 Å². The number of ether oxygens (including phenoxy) is 1. The van der Waals surface area contributed by atoms with Gasteiger partial charge < -0.3 is 14.6 Å². The topological polar surface area (TPSA) is 64.4 Å². The largest absolute Gasteiger partial charge is 0.496 e. The van der Waals surface area contributed by atoms with E-state index in [-0.39, 0.29) is 23.5 Å². The van der Waals surface area contributed by atoms with E-state index in [0.29, 0.717) is 23.5 Å². The Labute approximate surface area is 150 Å². The van der Waals surface area contributed by atoms with Gasteiger partial charge in [-0.1, -0.05) is 36.3 Å². The third kappa shape index (κ3) is 3.74. The standard InChI is InChI=1S/C20H19FN2O3/c1-3-16(13-8-10-14(21)11-9-13)22-20(24)17-12-19(26-23-17)15-6-4-5-7-18(15)25-2/h4-12,16H,3H2,1-2H3,(H,22,24)/t16-/m0/s1. The van der Waals surface area contributed by atoms with Gasteiger partial charge in [0, 0.05) is 6.07 Å². The number of para-hydroxylation sites is 1. The molecule has 26 heavy (non-hydrogen) atoms. The Hall–Kier alpha value is -3.15. The lowest BCUT2D eigenvalue weighted by molar-refractivity contribution is 0.0926. The number of amides is 1. The number of carbonyl (C=O) groups is 1. The van der Waals surface area contributed by atoms with Crippen LogP contribution in [0.5, 0.6) is 5.75 Å². The Kier molecular flexibility index (Phi) is 5.31. The molecule has 1 atom stereocenters. The first-order chi connectivity index (χ1) is 12.6. The Balaban J connectivity index is 1.78. The van der Waals surface area contributed by atoms with E-state index in [4.69, 9.17) is 9.26 Å². The summed E-state index contributed by atoms with van der Waals surface area (Å²) < 4.78 is 23.7. The van der Waals surface area contributed by atoms with Crippen molar-refractivity contribution in [3.05, 3.63) is 71.7 Å². The molecule has 0 saturated carbocycles. The summed E-state index contributed by atoms with van der Waals surface area (Å²) in [7, 11) is 1.57. The lowest BCUT2D eigenvalue weighted by Crippen LogP contribution is -2.28. The van der Waals surface area contributed by atoms with E-state index in [1.54, 1.807) is 31.4 Å². The molecule has 3 rings (SSSR count). The van der Waals surface area contributed by atoms with E-state index < -0.39 is 0 Å². The molecule has 0 saturated heterocycles. The molecular weight excluding hydrogens is 335 g/mol. The molecule has 5 nitrogen and oxygen atoms in total. The van der Waals surface area contributed by atoms with Crippen LogP contribution in [0.25, 0.3) is 11.3 Å². The predicted molar refractivity (Wildman–Crippen MR) is 95.4 cm³/mol. The molecular formula is C20H19FN2O3. The second-order valence-electron chi connectivity index (χ2n) is 5.76. The minimum Gasteiger partial charge on any atom is -0.496 e. The molecule has 1 N–H and O–H groups in total. The third-order valence-corrected chi connectivity index (χ3v) is 4.10. The van der Waals surface area contributed by atoms with E-state index in [9.17, 15) is 9.18 Å². The van der Waals surface area contributed by atoms with Gasteiger partial charge >= 0.3 is 0 Å². The van der Waals surface area contributed by atoms with E-state index in [1.165, 1.54) is 12.1 Å². The smallest absolute Gasteiger partial charge is 0.273 e. The molecule has 0 unspecified atom stereocenters. The van der Waals surface area contributed by atoms with Crippen molar-refractivity contribution in [2.75, 3.05) is 7.11 Å². The van der Waals surface area contributed by atoms with Gasteiger partial charge in [0.1, 0.15) is 11.6 Å². The van der Waals surface area contributed by atoms with Crippen molar-refractivity contribution < 1.29 is 18.4 Å². The molecule has 0 spiro atoms. The fraction of sp³-hybridized carbons (Fsp3) is 0.200. The van der Waals surface area contributed by atoms with Gasteiger partial charge in [0.25, 0.3) is 5.91 Å². The highest BCUT2D eigenvalue weighted by Gasteiger charge is 2.19. The monoisotopic (exact) mass is 354 g/mol. The number of aromatic nitrogens is 1. The maximum absolute atomic E-state index is 13.1. The number of hydrogen-bond acceptors (Lipinski definition) is 4. The molecule has 1 heterocycles. The molecule has 2 aromatic carbocycles. The zero-order valence-corrected chi connectivity index (χ0v) is 14.5. The predicted octanol–water partition coefficient (Wildman–Crippen LogP) is 4.37. The molecule has 0 fully saturated rings. The number of benzene rings is 2. The Morgan fingerprint density at radius 3 is 2.65 bits per heavy atom. The number of halogens is 1. The quantitative estimate of drug-likeness (QED) is 0.714. The third-order valence-electron chi connectivity index (χ3n) is 4.10. The molecule has 0 bridgehead atoms. The zero-order chi connectivity index (χ0) is 18.5. The van der Waals surface area contributed by atoms with Crippen LogP contribution in [0.15, 0.2) is 59.1 Å². The maximum atomic E-state index is 13.1. The first-order valence-electron chi connectivity index (χ1n) is 8.28. The van der Waals surface area contributed by atoms with E-state index in [0.717, 1.165) is 5.56 Å². The summed E-state index contributed by atoms with van der Waals surface area (Å²) in [5.74, 6) is 0.412. The van der Waals surface area contributed by atoms with Gasteiger partial charge in [-0.3, -0.25) is 4.79 Å². The number of carbonyl (C=O) groups excluding carboxylic acids is 1. The summed E-state index contributed by atoms with van der Waals surface area (Å²) >= 11 is 0. The molecule has 134 valence electrons. The summed E-state index contributed by atoms with van der Waals surface area (Å²) in [6.07, 6.45) is 0.661. The Morgan fingerprint density at radius 1 is 1.23 bits per heavy atom. The summed E-state index contributed by atoms with van der Waals surface area (Å²) in [6.45, 7) is 1.94. The highest BCUT2D eigenvalue weighted by atomic mass is 19.1. The summed E-state index contributed by atoms with van der Waals surface area (Å²) in [5.41, 5.74) is 1.72. The van der Waals surface area contributed by atoms with E-state index >= 15 is 0 Å². The van der Waals surface area contributed by atoms with Crippen molar-refractivity contribution in [2.24, 2.45) is 0 Å². The highest BCUT2D eigenvalue weighted by Crippen LogP contribution is 2.30. The minimum absolute atomic E-state index is 0.173. The van der Waals surface area contributed by atoms with Gasteiger partial charge in [-0.15, -0.1) is 0 Å². The zero-order valence-electron chi connectivity index (χ0n) is 14.5. The van der Waals surface area contributed by atoms with Crippen molar-refractivity contribution in [1.82, 2.24) is 10.5 Å². The van der Waals surface area contributed by atoms with Crippen molar-refractivity contribution in [3.8, 4) is 17.1 Å². The molecule has 0 aliphatic rings. The molecule has 0 radical (unpaired) electrons. The van der Waals surface area contributed by atoms with Crippen LogP contribution in [0.1, 0.15) is 35.4 Å². The molecule has 1 aromatic heterocycles. The van der Waals surface area contributed by atoms with Crippen LogP contribution in [0.3, 0.4) is 0 Å². The number of methoxy groups -OCH3 is 1. The average Bonchev–Trinajstić information content (AvgIpc) is 3.17. The fourth-order valence-electron chi connectivity index (χ4n) is 2.71. The van der Waals surface area contributed by atoms with Gasteiger partial charge in [0.15, 0.2) is 11.5 Å². The fourth-order valence-corrected chi connectivity index (χ4v) is 2.71. The van der Waals surface area contributed by atoms with Gasteiger partial charge in [0.05, 0.1) is 18.7 Å². The van der Waals surface area contributed by atoms with Crippen molar-refractivity contribution in [2.45, 2.75) is 19.4 Å². The number of rotatable bonds is 6. The Bertz CT molecular complexity index is 890. The molecule has 0 aliphatic heterocycles. The van der Waals surface area contributed by atoms with Crippen molar-refractivity contribution in [1.29, 1.82) is 0 Å². The normalized spacial score (nSPS) is 11.8. The minimum atomic E-state index is -0.355. The SMILES string of the molecule is CC[C@H](NC(=O)c1cc(-c2ccccc2OC)on1)c1ccc(F)cc1. The Morgan fingerprint density at radius 2 is 1.96 bits per heavy atom. The molecule has 0 aliphatic carbocycles. The van der Waals surface area contributed by atoms with Crippen LogP contribution in [0.2, 0.25) is 0 Å². The summed E-state index contributed by atoms with van der Waals surface area (Å²) in [4.78, 5) is 12.5. The summed E-state index contributed by atoms with van der Waals surface area (Å²) in [6, 6.07) is 14.7. The summed E-state index contributed by atoms with van der Waals surface area (Å²) in [5, 5.41) is 6.76. The van der Waals surface area contributed by atoms with Gasteiger partial charge in [-0.05, 0) is 36.2 Å². The first kappa shape index (κ1) is 17.7. The van der Waals surface area contributed by atoms with Gasteiger partial charge in [0.2, 0.25) is 0 Å². The number of nitrogens with one attached hydrogen (secondary N) is 1. The highest BCUT2D eigenvalue weighted by molar-refractivity contribution is 5.93. The molecule has 6 heteroatoms. The lowest BCUT2D eigenvalue weighted by atomic mass is 10.0. The van der Waals surface area contributed by atoms with E-state index in [2.05, 4.69) is 10.5 Å². The van der Waals surface area contributed by atoms with Gasteiger partial charge in [-0.25, -0.2) is 4.39 Å². The van der Waals surface area contributed by atoms with Crippen LogP contribution in [0.4, 0.5) is 4.39 Å². The first-order valence-corrected chi connectivity index (χ1v) is 8.28. The van der Waals surface area contributed by atoms with Gasteiger partial charge in [-0.2, -0.15) is 0 Å². The number of nitrogens with zero attached hydrogens (tertiary/aromatic N) is 1. The van der Waals surface area contributed by atoms with E-state index in [1.807, 2.05) is 25.1 Å².